The maximum Gasteiger partial charge on any atom is 0.355 e. The minimum atomic E-state index is -0.323. The molecular formula is C23H27NO3. The third-order valence-electron chi connectivity index (χ3n) is 6.14. The number of carbonyl (C=O) groups is 2. The third kappa shape index (κ3) is 3.71. The average Bonchev–Trinajstić information content (AvgIpc) is 3.04. The number of Topliss-reactive ketones (excluding diaryl/α,β-unsaturated/α-hetero) is 1. The first-order valence-corrected chi connectivity index (χ1v) is 10.1. The number of carbonyl (C=O) groups excluding carboxylic acids is 2. The fraction of sp³-hybridized carbons (Fsp3) is 0.478. The van der Waals surface area contributed by atoms with Crippen LogP contribution < -0.4 is 0 Å². The molecule has 142 valence electrons. The van der Waals surface area contributed by atoms with Crippen LogP contribution in [0.3, 0.4) is 0 Å². The molecule has 1 saturated carbocycles. The largest absolute Gasteiger partial charge is 0.461 e. The van der Waals surface area contributed by atoms with Crippen LogP contribution in [0.5, 0.6) is 0 Å². The molecule has 1 aromatic carbocycles. The molecule has 27 heavy (non-hydrogen) atoms. The van der Waals surface area contributed by atoms with Gasteiger partial charge in [-0.05, 0) is 49.1 Å². The van der Waals surface area contributed by atoms with Crippen molar-refractivity contribution < 1.29 is 14.3 Å². The molecule has 1 fully saturated rings. The SMILES string of the molecule is Cc1c(C(=O)OCC2CCCCC2)[nH]c2c1C(=O)CC(c1ccccc1)C2. The summed E-state index contributed by atoms with van der Waals surface area (Å²) >= 11 is 0. The molecule has 0 saturated heterocycles. The molecule has 0 spiro atoms. The van der Waals surface area contributed by atoms with E-state index in [4.69, 9.17) is 4.74 Å². The summed E-state index contributed by atoms with van der Waals surface area (Å²) in [6, 6.07) is 10.1. The van der Waals surface area contributed by atoms with Gasteiger partial charge < -0.3 is 9.72 Å². The molecule has 4 heteroatoms. The van der Waals surface area contributed by atoms with E-state index in [1.807, 2.05) is 25.1 Å². The first-order chi connectivity index (χ1) is 13.1. The van der Waals surface area contributed by atoms with Crippen LogP contribution in [0.1, 0.15) is 82.1 Å². The van der Waals surface area contributed by atoms with E-state index in [9.17, 15) is 9.59 Å². The Bertz CT molecular complexity index is 831. The highest BCUT2D eigenvalue weighted by atomic mass is 16.5. The number of aromatic amines is 1. The number of benzene rings is 1. The molecule has 1 N–H and O–H groups in total. The van der Waals surface area contributed by atoms with Crippen molar-refractivity contribution >= 4 is 11.8 Å². The van der Waals surface area contributed by atoms with Crippen LogP contribution in [0.25, 0.3) is 0 Å². The van der Waals surface area contributed by atoms with Gasteiger partial charge in [0.15, 0.2) is 5.78 Å². The molecule has 4 nitrogen and oxygen atoms in total. The van der Waals surface area contributed by atoms with Crippen molar-refractivity contribution in [1.82, 2.24) is 4.98 Å². The van der Waals surface area contributed by atoms with Gasteiger partial charge in [-0.1, -0.05) is 49.6 Å². The summed E-state index contributed by atoms with van der Waals surface area (Å²) in [4.78, 5) is 28.6. The molecule has 2 aromatic rings. The molecule has 0 bridgehead atoms. The van der Waals surface area contributed by atoms with Gasteiger partial charge in [0, 0.05) is 17.7 Å². The van der Waals surface area contributed by atoms with Gasteiger partial charge in [-0.15, -0.1) is 0 Å². The number of ether oxygens (including phenoxy) is 1. The number of esters is 1. The first-order valence-electron chi connectivity index (χ1n) is 10.1. The predicted molar refractivity (Wildman–Crippen MR) is 104 cm³/mol. The Morgan fingerprint density at radius 3 is 2.59 bits per heavy atom. The number of rotatable bonds is 4. The fourth-order valence-corrected chi connectivity index (χ4v) is 4.62. The Morgan fingerprint density at radius 2 is 1.85 bits per heavy atom. The van der Waals surface area contributed by atoms with Gasteiger partial charge >= 0.3 is 5.97 Å². The Balaban J connectivity index is 1.50. The van der Waals surface area contributed by atoms with Gasteiger partial charge in [0.25, 0.3) is 0 Å². The van der Waals surface area contributed by atoms with Crippen molar-refractivity contribution in [3.05, 3.63) is 58.4 Å². The van der Waals surface area contributed by atoms with Gasteiger partial charge in [0.05, 0.1) is 6.61 Å². The molecule has 1 heterocycles. The number of hydrogen-bond donors (Lipinski definition) is 1. The van der Waals surface area contributed by atoms with E-state index >= 15 is 0 Å². The molecule has 1 atom stereocenters. The number of nitrogens with one attached hydrogen (secondary N) is 1. The van der Waals surface area contributed by atoms with Crippen LogP contribution in [0.2, 0.25) is 0 Å². The normalized spacial score (nSPS) is 20.3. The summed E-state index contributed by atoms with van der Waals surface area (Å²) in [6.07, 6.45) is 7.28. The van der Waals surface area contributed by atoms with Gasteiger partial charge in [0.2, 0.25) is 0 Å². The van der Waals surface area contributed by atoms with Gasteiger partial charge in [-0.25, -0.2) is 4.79 Å². The zero-order valence-corrected chi connectivity index (χ0v) is 15.9. The summed E-state index contributed by atoms with van der Waals surface area (Å²) in [5.41, 5.74) is 3.95. The highest BCUT2D eigenvalue weighted by molar-refractivity contribution is 6.03. The zero-order valence-electron chi connectivity index (χ0n) is 15.9. The monoisotopic (exact) mass is 365 g/mol. The standard InChI is InChI=1S/C23H27NO3/c1-15-21-19(12-18(13-20(21)25)17-10-6-3-7-11-17)24-22(15)23(26)27-14-16-8-4-2-5-9-16/h3,6-7,10-11,16,18,24H,2,4-5,8-9,12-14H2,1H3. The summed E-state index contributed by atoms with van der Waals surface area (Å²) in [5.74, 6) is 0.439. The zero-order chi connectivity index (χ0) is 18.8. The highest BCUT2D eigenvalue weighted by Crippen LogP contribution is 2.35. The van der Waals surface area contributed by atoms with E-state index < -0.39 is 0 Å². The molecule has 1 unspecified atom stereocenters. The van der Waals surface area contributed by atoms with Crippen LogP contribution in [-0.4, -0.2) is 23.3 Å². The number of aromatic nitrogens is 1. The maximum absolute atomic E-state index is 12.8. The Morgan fingerprint density at radius 1 is 1.11 bits per heavy atom. The lowest BCUT2D eigenvalue weighted by Gasteiger charge is -2.22. The Kier molecular flexibility index (Phi) is 5.15. The molecule has 0 amide bonds. The minimum Gasteiger partial charge on any atom is -0.461 e. The van der Waals surface area contributed by atoms with E-state index in [0.29, 0.717) is 30.2 Å². The summed E-state index contributed by atoms with van der Waals surface area (Å²) in [7, 11) is 0. The van der Waals surface area contributed by atoms with E-state index in [0.717, 1.165) is 30.5 Å². The van der Waals surface area contributed by atoms with Crippen LogP contribution in [0.4, 0.5) is 0 Å². The summed E-state index contributed by atoms with van der Waals surface area (Å²) < 4.78 is 5.59. The van der Waals surface area contributed by atoms with Crippen LogP contribution in [-0.2, 0) is 11.2 Å². The van der Waals surface area contributed by atoms with Crippen molar-refractivity contribution in [3.63, 3.8) is 0 Å². The minimum absolute atomic E-state index is 0.116. The average molecular weight is 365 g/mol. The van der Waals surface area contributed by atoms with E-state index in [-0.39, 0.29) is 17.7 Å². The van der Waals surface area contributed by atoms with Gasteiger partial charge in [0.1, 0.15) is 5.69 Å². The second kappa shape index (κ2) is 7.71. The summed E-state index contributed by atoms with van der Waals surface area (Å²) in [6.45, 7) is 2.34. The Hall–Kier alpha value is -2.36. The smallest absolute Gasteiger partial charge is 0.355 e. The lowest BCUT2D eigenvalue weighted by atomic mass is 9.81. The molecular weight excluding hydrogens is 338 g/mol. The first kappa shape index (κ1) is 18.0. The van der Waals surface area contributed by atoms with Crippen molar-refractivity contribution in [3.8, 4) is 0 Å². The lowest BCUT2D eigenvalue weighted by molar-refractivity contribution is 0.0403. The highest BCUT2D eigenvalue weighted by Gasteiger charge is 2.32. The van der Waals surface area contributed by atoms with Gasteiger partial charge in [-0.3, -0.25) is 4.79 Å². The van der Waals surface area contributed by atoms with Crippen LogP contribution in [0, 0.1) is 12.8 Å². The number of ketones is 1. The van der Waals surface area contributed by atoms with Gasteiger partial charge in [-0.2, -0.15) is 0 Å². The van der Waals surface area contributed by atoms with Crippen molar-refractivity contribution in [2.45, 2.75) is 57.8 Å². The fourth-order valence-electron chi connectivity index (χ4n) is 4.62. The summed E-state index contributed by atoms with van der Waals surface area (Å²) in [5, 5.41) is 0. The molecule has 2 aliphatic carbocycles. The van der Waals surface area contributed by atoms with E-state index in [2.05, 4.69) is 17.1 Å². The van der Waals surface area contributed by atoms with E-state index in [1.165, 1.54) is 24.8 Å². The topological polar surface area (TPSA) is 59.2 Å². The molecule has 0 radical (unpaired) electrons. The maximum atomic E-state index is 12.8. The number of hydrogen-bond acceptors (Lipinski definition) is 3. The second-order valence-corrected chi connectivity index (χ2v) is 8.02. The van der Waals surface area contributed by atoms with Crippen molar-refractivity contribution in [2.75, 3.05) is 6.61 Å². The van der Waals surface area contributed by atoms with Crippen molar-refractivity contribution in [1.29, 1.82) is 0 Å². The lowest BCUT2D eigenvalue weighted by Crippen LogP contribution is -2.18. The third-order valence-corrected chi connectivity index (χ3v) is 6.14. The molecule has 4 rings (SSSR count). The second-order valence-electron chi connectivity index (χ2n) is 8.02. The van der Waals surface area contributed by atoms with Crippen molar-refractivity contribution in [2.24, 2.45) is 5.92 Å². The molecule has 2 aliphatic rings. The molecule has 0 aliphatic heterocycles. The van der Waals surface area contributed by atoms with Crippen LogP contribution in [0.15, 0.2) is 30.3 Å². The quantitative estimate of drug-likeness (QED) is 0.778. The number of H-pyrrole nitrogens is 1. The van der Waals surface area contributed by atoms with Crippen LogP contribution >= 0.6 is 0 Å². The van der Waals surface area contributed by atoms with E-state index in [1.54, 1.807) is 0 Å². The number of fused-ring (bicyclic) bond motifs is 1. The molecule has 1 aromatic heterocycles. The predicted octanol–water partition coefficient (Wildman–Crippen LogP) is 4.97. The Labute approximate surface area is 160 Å².